The van der Waals surface area contributed by atoms with Crippen molar-refractivity contribution in [3.05, 3.63) is 59.4 Å². The summed E-state index contributed by atoms with van der Waals surface area (Å²) >= 11 is 0. The van der Waals surface area contributed by atoms with Gasteiger partial charge < -0.3 is 10.1 Å². The summed E-state index contributed by atoms with van der Waals surface area (Å²) in [4.78, 5) is 20.0. The van der Waals surface area contributed by atoms with Gasteiger partial charge in [-0.05, 0) is 74.4 Å². The molecule has 1 N–H and O–H groups in total. The topological polar surface area (TPSA) is 54.5 Å². The molecule has 0 spiro atoms. The zero-order valence-corrected chi connectivity index (χ0v) is 18.4. The van der Waals surface area contributed by atoms with Gasteiger partial charge in [-0.1, -0.05) is 24.6 Å². The first-order valence-corrected chi connectivity index (χ1v) is 11.9. The number of ether oxygens (including phenoxy) is 1. The van der Waals surface area contributed by atoms with Crippen molar-refractivity contribution >= 4 is 5.91 Å². The van der Waals surface area contributed by atoms with Crippen LogP contribution in [0.3, 0.4) is 0 Å². The van der Waals surface area contributed by atoms with E-state index < -0.39 is 0 Å². The summed E-state index contributed by atoms with van der Waals surface area (Å²) in [5.74, 6) is 1.83. The standard InChI is InChI=1S/C26H33N3O2/c1-18-14-22-15-19(10-11-24(22)31-18)16-29-13-5-8-21(17-29)25(23-9-2-3-12-27-23)28-26(30)20-6-4-7-20/h2-3,9-12,15,18,20-21,25H,4-8,13-14,16-17H2,1H3,(H,28,30)/t18-,21+,25+/m1/s1. The van der Waals surface area contributed by atoms with Crippen molar-refractivity contribution in [1.82, 2.24) is 15.2 Å². The molecule has 1 aromatic carbocycles. The highest BCUT2D eigenvalue weighted by Gasteiger charge is 2.33. The second kappa shape index (κ2) is 8.99. The normalized spacial score (nSPS) is 24.7. The Morgan fingerprint density at radius 1 is 1.23 bits per heavy atom. The third-order valence-corrected chi connectivity index (χ3v) is 7.16. The molecule has 1 aromatic heterocycles. The number of piperidine rings is 1. The molecule has 2 aromatic rings. The lowest BCUT2D eigenvalue weighted by Crippen LogP contribution is -2.45. The third kappa shape index (κ3) is 4.62. The lowest BCUT2D eigenvalue weighted by atomic mass is 9.83. The smallest absolute Gasteiger partial charge is 0.223 e. The van der Waals surface area contributed by atoms with Gasteiger partial charge in [0.25, 0.3) is 0 Å². The van der Waals surface area contributed by atoms with Crippen molar-refractivity contribution in [2.75, 3.05) is 13.1 Å². The number of hydrogen-bond acceptors (Lipinski definition) is 4. The molecule has 3 atom stereocenters. The summed E-state index contributed by atoms with van der Waals surface area (Å²) in [5, 5.41) is 3.38. The number of amides is 1. The number of nitrogens with zero attached hydrogens (tertiary/aromatic N) is 2. The van der Waals surface area contributed by atoms with Gasteiger partial charge >= 0.3 is 0 Å². The van der Waals surface area contributed by atoms with E-state index in [1.54, 1.807) is 0 Å². The van der Waals surface area contributed by atoms with Gasteiger partial charge in [-0.3, -0.25) is 14.7 Å². The number of fused-ring (bicyclic) bond motifs is 1. The van der Waals surface area contributed by atoms with Crippen LogP contribution in [0.25, 0.3) is 0 Å². The number of carbonyl (C=O) groups excluding carboxylic acids is 1. The number of rotatable bonds is 6. The van der Waals surface area contributed by atoms with Crippen molar-refractivity contribution in [3.63, 3.8) is 0 Å². The average molecular weight is 420 g/mol. The number of pyridine rings is 1. The molecule has 0 bridgehead atoms. The first-order valence-electron chi connectivity index (χ1n) is 11.9. The minimum absolute atomic E-state index is 0.00799. The highest BCUT2D eigenvalue weighted by molar-refractivity contribution is 5.79. The van der Waals surface area contributed by atoms with Crippen LogP contribution in [0.5, 0.6) is 5.75 Å². The molecular formula is C26H33N3O2. The van der Waals surface area contributed by atoms with Gasteiger partial charge in [-0.25, -0.2) is 0 Å². The zero-order valence-electron chi connectivity index (χ0n) is 18.4. The van der Waals surface area contributed by atoms with Crippen LogP contribution in [-0.4, -0.2) is 35.0 Å². The van der Waals surface area contributed by atoms with Gasteiger partial charge in [0.2, 0.25) is 5.91 Å². The van der Waals surface area contributed by atoms with E-state index in [0.717, 1.165) is 63.2 Å². The number of benzene rings is 1. The maximum absolute atomic E-state index is 12.8. The summed E-state index contributed by atoms with van der Waals surface area (Å²) in [7, 11) is 0. The molecule has 3 heterocycles. The van der Waals surface area contributed by atoms with Gasteiger partial charge in [0.05, 0.1) is 11.7 Å². The Kier molecular flexibility index (Phi) is 5.95. The van der Waals surface area contributed by atoms with E-state index in [-0.39, 0.29) is 24.0 Å². The van der Waals surface area contributed by atoms with Crippen LogP contribution in [0.2, 0.25) is 0 Å². The lowest BCUT2D eigenvalue weighted by Gasteiger charge is -2.38. The molecule has 0 radical (unpaired) electrons. The van der Waals surface area contributed by atoms with E-state index in [0.29, 0.717) is 5.92 Å². The summed E-state index contributed by atoms with van der Waals surface area (Å²) in [6.07, 6.45) is 8.62. The van der Waals surface area contributed by atoms with E-state index in [1.807, 2.05) is 18.3 Å². The van der Waals surface area contributed by atoms with Crippen molar-refractivity contribution in [2.45, 2.75) is 64.1 Å². The summed E-state index contributed by atoms with van der Waals surface area (Å²) < 4.78 is 5.86. The molecule has 5 nitrogen and oxygen atoms in total. The SMILES string of the molecule is C[C@@H]1Cc2cc(CN3CCC[C@H]([C@H](NC(=O)C4CCC4)c4ccccn4)C3)ccc2O1. The van der Waals surface area contributed by atoms with Crippen molar-refractivity contribution in [3.8, 4) is 5.75 Å². The fourth-order valence-corrected chi connectivity index (χ4v) is 5.27. The molecule has 1 amide bonds. The van der Waals surface area contributed by atoms with Crippen LogP contribution >= 0.6 is 0 Å². The Labute approximate surface area is 185 Å². The third-order valence-electron chi connectivity index (χ3n) is 7.16. The monoisotopic (exact) mass is 419 g/mol. The molecule has 5 rings (SSSR count). The van der Waals surface area contributed by atoms with Crippen LogP contribution < -0.4 is 10.1 Å². The van der Waals surface area contributed by atoms with Crippen molar-refractivity contribution in [1.29, 1.82) is 0 Å². The fraction of sp³-hybridized carbons (Fsp3) is 0.538. The maximum Gasteiger partial charge on any atom is 0.223 e. The molecule has 1 saturated heterocycles. The van der Waals surface area contributed by atoms with Crippen LogP contribution in [0.15, 0.2) is 42.6 Å². The van der Waals surface area contributed by atoms with E-state index in [9.17, 15) is 4.79 Å². The molecular weight excluding hydrogens is 386 g/mol. The van der Waals surface area contributed by atoms with Crippen LogP contribution in [0.1, 0.15) is 61.9 Å². The Hall–Kier alpha value is -2.40. The zero-order chi connectivity index (χ0) is 21.2. The van der Waals surface area contributed by atoms with Gasteiger partial charge in [0.15, 0.2) is 0 Å². The second-order valence-corrected chi connectivity index (χ2v) is 9.58. The van der Waals surface area contributed by atoms with Crippen LogP contribution in [0, 0.1) is 11.8 Å². The molecule has 3 aliphatic rings. The minimum Gasteiger partial charge on any atom is -0.490 e. The summed E-state index contributed by atoms with van der Waals surface area (Å²) in [5.41, 5.74) is 3.67. The predicted octanol–water partition coefficient (Wildman–Crippen LogP) is 4.27. The number of aromatic nitrogens is 1. The van der Waals surface area contributed by atoms with E-state index in [2.05, 4.69) is 46.4 Å². The Bertz CT molecular complexity index is 912. The fourth-order valence-electron chi connectivity index (χ4n) is 5.27. The number of carbonyl (C=O) groups is 1. The second-order valence-electron chi connectivity index (χ2n) is 9.58. The quantitative estimate of drug-likeness (QED) is 0.760. The molecule has 1 saturated carbocycles. The molecule has 0 unspecified atom stereocenters. The average Bonchev–Trinajstić information content (AvgIpc) is 3.11. The van der Waals surface area contributed by atoms with Crippen LogP contribution in [0.4, 0.5) is 0 Å². The Morgan fingerprint density at radius 3 is 2.90 bits per heavy atom. The molecule has 31 heavy (non-hydrogen) atoms. The molecule has 5 heteroatoms. The Morgan fingerprint density at radius 2 is 2.13 bits per heavy atom. The molecule has 164 valence electrons. The number of nitrogens with one attached hydrogen (secondary N) is 1. The predicted molar refractivity (Wildman–Crippen MR) is 121 cm³/mol. The largest absolute Gasteiger partial charge is 0.490 e. The van der Waals surface area contributed by atoms with E-state index >= 15 is 0 Å². The van der Waals surface area contributed by atoms with E-state index in [4.69, 9.17) is 4.74 Å². The Balaban J connectivity index is 1.29. The number of likely N-dealkylation sites (tertiary alicyclic amines) is 1. The van der Waals surface area contributed by atoms with Crippen molar-refractivity contribution in [2.24, 2.45) is 11.8 Å². The molecule has 2 aliphatic heterocycles. The highest BCUT2D eigenvalue weighted by Crippen LogP contribution is 2.33. The maximum atomic E-state index is 12.8. The lowest BCUT2D eigenvalue weighted by molar-refractivity contribution is -0.128. The highest BCUT2D eigenvalue weighted by atomic mass is 16.5. The van der Waals surface area contributed by atoms with Gasteiger partial charge in [0.1, 0.15) is 11.9 Å². The van der Waals surface area contributed by atoms with Gasteiger partial charge in [0, 0.05) is 31.6 Å². The van der Waals surface area contributed by atoms with Gasteiger partial charge in [-0.2, -0.15) is 0 Å². The van der Waals surface area contributed by atoms with Crippen LogP contribution in [-0.2, 0) is 17.8 Å². The summed E-state index contributed by atoms with van der Waals surface area (Å²) in [6.45, 7) is 5.16. The number of hydrogen-bond donors (Lipinski definition) is 1. The van der Waals surface area contributed by atoms with E-state index in [1.165, 1.54) is 17.5 Å². The first-order chi connectivity index (χ1) is 15.2. The summed E-state index contributed by atoms with van der Waals surface area (Å²) in [6, 6.07) is 12.7. The molecule has 2 fully saturated rings. The molecule has 1 aliphatic carbocycles. The van der Waals surface area contributed by atoms with Crippen molar-refractivity contribution < 1.29 is 9.53 Å². The van der Waals surface area contributed by atoms with Gasteiger partial charge in [-0.15, -0.1) is 0 Å². The minimum atomic E-state index is -0.00799. The first kappa shape index (κ1) is 20.5.